The average molecular weight is 266 g/mol. The van der Waals surface area contributed by atoms with Crippen LogP contribution in [0.3, 0.4) is 0 Å². The third-order valence-corrected chi connectivity index (χ3v) is 3.71. The first kappa shape index (κ1) is 14.7. The number of aromatic nitrogens is 1. The summed E-state index contributed by atoms with van der Waals surface area (Å²) < 4.78 is 0. The van der Waals surface area contributed by atoms with Crippen molar-refractivity contribution in [3.8, 4) is 0 Å². The standard InChI is InChI=1S/C13H18N2O2S/c1-10(12(9-16)18-2)15-13(17)4-3-11-5-7-14-8-6-11/h3-8,10,12,16H,9H2,1-2H3,(H,15,17). The number of hydrogen-bond acceptors (Lipinski definition) is 4. The molecule has 0 bridgehead atoms. The van der Waals surface area contributed by atoms with E-state index in [0.29, 0.717) is 0 Å². The number of amides is 1. The van der Waals surface area contributed by atoms with Crippen LogP contribution in [0.5, 0.6) is 0 Å². The third-order valence-electron chi connectivity index (χ3n) is 2.54. The predicted octanol–water partition coefficient (Wildman–Crippen LogP) is 1.32. The average Bonchev–Trinajstić information content (AvgIpc) is 2.39. The smallest absolute Gasteiger partial charge is 0.244 e. The van der Waals surface area contributed by atoms with Crippen molar-refractivity contribution in [2.75, 3.05) is 12.9 Å². The van der Waals surface area contributed by atoms with Gasteiger partial charge in [0, 0.05) is 29.8 Å². The molecule has 1 amide bonds. The number of aliphatic hydroxyl groups is 1. The van der Waals surface area contributed by atoms with Crippen LogP contribution in [0.1, 0.15) is 12.5 Å². The Morgan fingerprint density at radius 1 is 1.56 bits per heavy atom. The lowest BCUT2D eigenvalue weighted by Gasteiger charge is -2.20. The molecule has 0 fully saturated rings. The summed E-state index contributed by atoms with van der Waals surface area (Å²) in [5.74, 6) is -0.160. The molecule has 1 heterocycles. The molecule has 98 valence electrons. The van der Waals surface area contributed by atoms with Gasteiger partial charge in [0.15, 0.2) is 0 Å². The van der Waals surface area contributed by atoms with E-state index in [4.69, 9.17) is 5.11 Å². The van der Waals surface area contributed by atoms with Gasteiger partial charge in [0.2, 0.25) is 5.91 Å². The van der Waals surface area contributed by atoms with Crippen LogP contribution in [-0.2, 0) is 4.79 Å². The molecule has 0 saturated carbocycles. The highest BCUT2D eigenvalue weighted by molar-refractivity contribution is 7.99. The molecule has 2 N–H and O–H groups in total. The minimum Gasteiger partial charge on any atom is -0.395 e. The highest BCUT2D eigenvalue weighted by atomic mass is 32.2. The Balaban J connectivity index is 2.49. The van der Waals surface area contributed by atoms with Crippen LogP contribution in [0.2, 0.25) is 0 Å². The number of nitrogens with zero attached hydrogens (tertiary/aromatic N) is 1. The molecule has 0 aromatic carbocycles. The van der Waals surface area contributed by atoms with Gasteiger partial charge in [-0.25, -0.2) is 0 Å². The zero-order valence-electron chi connectivity index (χ0n) is 10.5. The summed E-state index contributed by atoms with van der Waals surface area (Å²) in [6.07, 6.45) is 8.49. The molecule has 0 saturated heterocycles. The summed E-state index contributed by atoms with van der Waals surface area (Å²) in [6.45, 7) is 1.94. The molecule has 0 radical (unpaired) electrons. The van der Waals surface area contributed by atoms with Crippen molar-refractivity contribution in [2.45, 2.75) is 18.2 Å². The van der Waals surface area contributed by atoms with Gasteiger partial charge >= 0.3 is 0 Å². The van der Waals surface area contributed by atoms with E-state index >= 15 is 0 Å². The van der Waals surface area contributed by atoms with Gasteiger partial charge in [-0.3, -0.25) is 9.78 Å². The topological polar surface area (TPSA) is 62.2 Å². The van der Waals surface area contributed by atoms with E-state index in [9.17, 15) is 4.79 Å². The second-order valence-corrected chi connectivity index (χ2v) is 4.94. The molecule has 1 aromatic rings. The Bertz CT molecular complexity index is 391. The maximum atomic E-state index is 11.7. The van der Waals surface area contributed by atoms with Crippen molar-refractivity contribution in [1.82, 2.24) is 10.3 Å². The lowest BCUT2D eigenvalue weighted by Crippen LogP contribution is -2.40. The van der Waals surface area contributed by atoms with Crippen molar-refractivity contribution in [3.63, 3.8) is 0 Å². The van der Waals surface area contributed by atoms with E-state index in [1.807, 2.05) is 25.3 Å². The minimum atomic E-state index is -0.160. The Labute approximate surface area is 112 Å². The number of thioether (sulfide) groups is 1. The van der Waals surface area contributed by atoms with E-state index in [1.165, 1.54) is 17.8 Å². The monoisotopic (exact) mass is 266 g/mol. The number of rotatable bonds is 6. The van der Waals surface area contributed by atoms with E-state index in [1.54, 1.807) is 18.5 Å². The first-order valence-corrected chi connectivity index (χ1v) is 6.98. The van der Waals surface area contributed by atoms with Gasteiger partial charge < -0.3 is 10.4 Å². The minimum absolute atomic E-state index is 0.0169. The van der Waals surface area contributed by atoms with Crippen LogP contribution in [0.15, 0.2) is 30.6 Å². The number of aliphatic hydroxyl groups excluding tert-OH is 1. The summed E-state index contributed by atoms with van der Waals surface area (Å²) >= 11 is 1.54. The van der Waals surface area contributed by atoms with E-state index < -0.39 is 0 Å². The fourth-order valence-corrected chi connectivity index (χ4v) is 2.07. The third kappa shape index (κ3) is 4.89. The molecule has 1 aromatic heterocycles. The van der Waals surface area contributed by atoms with Gasteiger partial charge in [-0.15, -0.1) is 0 Å². The normalized spacial score (nSPS) is 14.4. The first-order valence-electron chi connectivity index (χ1n) is 5.69. The van der Waals surface area contributed by atoms with Gasteiger partial charge in [-0.05, 0) is 37.0 Å². The van der Waals surface area contributed by atoms with E-state index in [-0.39, 0.29) is 23.8 Å². The maximum Gasteiger partial charge on any atom is 0.244 e. The van der Waals surface area contributed by atoms with Crippen LogP contribution in [0, 0.1) is 0 Å². The molecule has 18 heavy (non-hydrogen) atoms. The van der Waals surface area contributed by atoms with Crippen LogP contribution >= 0.6 is 11.8 Å². The van der Waals surface area contributed by atoms with Gasteiger partial charge in [0.05, 0.1) is 6.61 Å². The molecule has 2 unspecified atom stereocenters. The molecule has 5 heteroatoms. The van der Waals surface area contributed by atoms with Gasteiger partial charge in [0.25, 0.3) is 0 Å². The molecule has 0 spiro atoms. The molecule has 0 aliphatic rings. The summed E-state index contributed by atoms with van der Waals surface area (Å²) in [7, 11) is 0. The molecule has 0 aliphatic carbocycles. The van der Waals surface area contributed by atoms with E-state index in [2.05, 4.69) is 10.3 Å². The van der Waals surface area contributed by atoms with Crippen LogP contribution < -0.4 is 5.32 Å². The van der Waals surface area contributed by atoms with Crippen molar-refractivity contribution < 1.29 is 9.90 Å². The number of carbonyl (C=O) groups excluding carboxylic acids is 1. The van der Waals surface area contributed by atoms with Crippen molar-refractivity contribution in [3.05, 3.63) is 36.2 Å². The second kappa shape index (κ2) is 7.89. The van der Waals surface area contributed by atoms with Gasteiger partial charge in [0.1, 0.15) is 0 Å². The zero-order valence-corrected chi connectivity index (χ0v) is 11.4. The zero-order chi connectivity index (χ0) is 13.4. The Kier molecular flexibility index (Phi) is 6.46. The number of nitrogens with one attached hydrogen (secondary N) is 1. The van der Waals surface area contributed by atoms with Crippen LogP contribution in [0.25, 0.3) is 6.08 Å². The largest absolute Gasteiger partial charge is 0.395 e. The highest BCUT2D eigenvalue weighted by Gasteiger charge is 2.15. The fourth-order valence-electron chi connectivity index (χ4n) is 1.45. The molecular weight excluding hydrogens is 248 g/mol. The van der Waals surface area contributed by atoms with Gasteiger partial charge in [-0.2, -0.15) is 11.8 Å². The first-order chi connectivity index (χ1) is 8.67. The number of carbonyl (C=O) groups is 1. The van der Waals surface area contributed by atoms with E-state index in [0.717, 1.165) is 5.56 Å². The molecule has 1 rings (SSSR count). The Morgan fingerprint density at radius 2 is 2.22 bits per heavy atom. The second-order valence-electron chi connectivity index (χ2n) is 3.87. The maximum absolute atomic E-state index is 11.7. The summed E-state index contributed by atoms with van der Waals surface area (Å²) in [5.41, 5.74) is 0.927. The summed E-state index contributed by atoms with van der Waals surface area (Å²) in [6, 6.07) is 3.58. The molecule has 4 nitrogen and oxygen atoms in total. The fraction of sp³-hybridized carbons (Fsp3) is 0.385. The summed E-state index contributed by atoms with van der Waals surface area (Å²) in [4.78, 5) is 15.6. The molecule has 2 atom stereocenters. The Morgan fingerprint density at radius 3 is 2.78 bits per heavy atom. The van der Waals surface area contributed by atoms with Crippen molar-refractivity contribution >= 4 is 23.7 Å². The lowest BCUT2D eigenvalue weighted by atomic mass is 10.2. The highest BCUT2D eigenvalue weighted by Crippen LogP contribution is 2.10. The number of pyridine rings is 1. The molecule has 0 aliphatic heterocycles. The quantitative estimate of drug-likeness (QED) is 0.762. The van der Waals surface area contributed by atoms with Gasteiger partial charge in [-0.1, -0.05) is 0 Å². The SMILES string of the molecule is CSC(CO)C(C)NC(=O)C=Cc1ccncc1. The van der Waals surface area contributed by atoms with Crippen LogP contribution in [-0.4, -0.2) is 40.2 Å². The summed E-state index contributed by atoms with van der Waals surface area (Å²) in [5, 5.41) is 12.0. The Hall–Kier alpha value is -1.33. The number of hydrogen-bond donors (Lipinski definition) is 2. The lowest BCUT2D eigenvalue weighted by molar-refractivity contribution is -0.117. The van der Waals surface area contributed by atoms with Crippen molar-refractivity contribution in [2.24, 2.45) is 0 Å². The van der Waals surface area contributed by atoms with Crippen molar-refractivity contribution in [1.29, 1.82) is 0 Å². The molecular formula is C13H18N2O2S. The predicted molar refractivity (Wildman–Crippen MR) is 75.3 cm³/mol. The van der Waals surface area contributed by atoms with Crippen LogP contribution in [0.4, 0.5) is 0 Å².